The van der Waals surface area contributed by atoms with Crippen molar-refractivity contribution in [1.82, 2.24) is 10.3 Å². The highest BCUT2D eigenvalue weighted by molar-refractivity contribution is 7.11. The average Bonchev–Trinajstić information content (AvgIpc) is 2.87. The van der Waals surface area contributed by atoms with Crippen LogP contribution in [0.15, 0.2) is 6.20 Å². The fourth-order valence-corrected chi connectivity index (χ4v) is 3.80. The van der Waals surface area contributed by atoms with Gasteiger partial charge in [-0.1, -0.05) is 13.3 Å². The van der Waals surface area contributed by atoms with E-state index in [-0.39, 0.29) is 0 Å². The van der Waals surface area contributed by atoms with E-state index in [4.69, 9.17) is 0 Å². The highest BCUT2D eigenvalue weighted by Crippen LogP contribution is 2.39. The molecular formula is C14H24N2S. The average molecular weight is 252 g/mol. The van der Waals surface area contributed by atoms with Gasteiger partial charge in [-0.2, -0.15) is 0 Å². The minimum atomic E-state index is 0.438. The highest BCUT2D eigenvalue weighted by atomic mass is 32.1. The molecule has 1 atom stereocenters. The van der Waals surface area contributed by atoms with Gasteiger partial charge >= 0.3 is 0 Å². The minimum absolute atomic E-state index is 0.438. The Morgan fingerprint density at radius 2 is 2.12 bits per heavy atom. The first-order chi connectivity index (χ1) is 8.24. The van der Waals surface area contributed by atoms with Crippen molar-refractivity contribution in [1.29, 1.82) is 0 Å². The zero-order chi connectivity index (χ0) is 12.3. The summed E-state index contributed by atoms with van der Waals surface area (Å²) in [5.41, 5.74) is 0. The standard InChI is InChI=1S/C14H24N2S/c1-4-11-5-7-12(8-6-11)14-16-9-13(17-14)10(2)15-3/h9-12,15H,4-8H2,1-3H3. The first-order valence-corrected chi connectivity index (χ1v) is 7.69. The maximum absolute atomic E-state index is 4.64. The largest absolute Gasteiger partial charge is 0.312 e. The quantitative estimate of drug-likeness (QED) is 0.872. The summed E-state index contributed by atoms with van der Waals surface area (Å²) in [5.74, 6) is 1.71. The van der Waals surface area contributed by atoms with Crippen LogP contribution in [-0.4, -0.2) is 12.0 Å². The van der Waals surface area contributed by atoms with E-state index in [1.807, 2.05) is 18.4 Å². The SMILES string of the molecule is CCC1CCC(c2ncc(C(C)NC)s2)CC1. The van der Waals surface area contributed by atoms with Gasteiger partial charge in [-0.15, -0.1) is 11.3 Å². The molecule has 0 aromatic carbocycles. The van der Waals surface area contributed by atoms with Gasteiger partial charge in [-0.05, 0) is 45.6 Å². The lowest BCUT2D eigenvalue weighted by Crippen LogP contribution is -2.12. The molecule has 0 spiro atoms. The molecule has 2 nitrogen and oxygen atoms in total. The van der Waals surface area contributed by atoms with Crippen LogP contribution in [0.5, 0.6) is 0 Å². The van der Waals surface area contributed by atoms with Crippen molar-refractivity contribution in [3.63, 3.8) is 0 Å². The minimum Gasteiger partial charge on any atom is -0.312 e. The molecule has 1 N–H and O–H groups in total. The molecule has 1 aliphatic rings. The van der Waals surface area contributed by atoms with E-state index in [0.29, 0.717) is 6.04 Å². The summed E-state index contributed by atoms with van der Waals surface area (Å²) >= 11 is 1.91. The molecule has 1 aliphatic carbocycles. The summed E-state index contributed by atoms with van der Waals surface area (Å²) in [6.07, 6.45) is 8.91. The van der Waals surface area contributed by atoms with E-state index in [1.165, 1.54) is 42.0 Å². The molecular weight excluding hydrogens is 228 g/mol. The predicted molar refractivity (Wildman–Crippen MR) is 74.6 cm³/mol. The normalized spacial score (nSPS) is 27.0. The van der Waals surface area contributed by atoms with Crippen molar-refractivity contribution >= 4 is 11.3 Å². The molecule has 1 unspecified atom stereocenters. The number of hydrogen-bond donors (Lipinski definition) is 1. The van der Waals surface area contributed by atoms with Crippen LogP contribution in [0.2, 0.25) is 0 Å². The van der Waals surface area contributed by atoms with E-state index >= 15 is 0 Å². The van der Waals surface area contributed by atoms with Crippen LogP contribution in [0.25, 0.3) is 0 Å². The van der Waals surface area contributed by atoms with Gasteiger partial charge in [-0.25, -0.2) is 4.98 Å². The molecule has 1 saturated carbocycles. The van der Waals surface area contributed by atoms with Gasteiger partial charge in [0.25, 0.3) is 0 Å². The number of thiazole rings is 1. The summed E-state index contributed by atoms with van der Waals surface area (Å²) in [6, 6.07) is 0.438. The Kier molecular flexibility index (Phi) is 4.57. The fourth-order valence-electron chi connectivity index (χ4n) is 2.65. The molecule has 0 aliphatic heterocycles. The van der Waals surface area contributed by atoms with Gasteiger partial charge in [0.1, 0.15) is 0 Å². The second-order valence-corrected chi connectivity index (χ2v) is 6.33. The summed E-state index contributed by atoms with van der Waals surface area (Å²) in [7, 11) is 2.01. The topological polar surface area (TPSA) is 24.9 Å². The Hall–Kier alpha value is -0.410. The van der Waals surface area contributed by atoms with Crippen LogP contribution in [0, 0.1) is 5.92 Å². The highest BCUT2D eigenvalue weighted by Gasteiger charge is 2.23. The predicted octanol–water partition coefficient (Wildman–Crippen LogP) is 4.11. The van der Waals surface area contributed by atoms with Gasteiger partial charge in [-0.3, -0.25) is 0 Å². The van der Waals surface area contributed by atoms with Crippen molar-refractivity contribution in [2.75, 3.05) is 7.05 Å². The zero-order valence-electron chi connectivity index (χ0n) is 11.2. The molecule has 1 fully saturated rings. The van der Waals surface area contributed by atoms with Gasteiger partial charge in [0.2, 0.25) is 0 Å². The number of aromatic nitrogens is 1. The lowest BCUT2D eigenvalue weighted by molar-refractivity contribution is 0.318. The maximum atomic E-state index is 4.64. The molecule has 2 rings (SSSR count). The molecule has 0 radical (unpaired) electrons. The van der Waals surface area contributed by atoms with Crippen molar-refractivity contribution in [3.05, 3.63) is 16.1 Å². The van der Waals surface area contributed by atoms with Crippen LogP contribution in [0.4, 0.5) is 0 Å². The first kappa shape index (κ1) is 13.0. The summed E-state index contributed by atoms with van der Waals surface area (Å²) in [6.45, 7) is 4.52. The Labute approximate surface area is 109 Å². The first-order valence-electron chi connectivity index (χ1n) is 6.87. The molecule has 1 aromatic rings. The molecule has 0 bridgehead atoms. The number of nitrogens with zero attached hydrogens (tertiary/aromatic N) is 1. The molecule has 0 amide bonds. The Morgan fingerprint density at radius 1 is 1.41 bits per heavy atom. The third-order valence-corrected chi connectivity index (χ3v) is 5.52. The molecule has 3 heteroatoms. The maximum Gasteiger partial charge on any atom is 0.0959 e. The van der Waals surface area contributed by atoms with Crippen molar-refractivity contribution in [2.24, 2.45) is 5.92 Å². The Bertz CT molecular complexity index is 340. The molecule has 1 heterocycles. The Morgan fingerprint density at radius 3 is 2.71 bits per heavy atom. The number of rotatable bonds is 4. The van der Waals surface area contributed by atoms with Crippen LogP contribution in [-0.2, 0) is 0 Å². The zero-order valence-corrected chi connectivity index (χ0v) is 12.0. The molecule has 1 aromatic heterocycles. The van der Waals surface area contributed by atoms with E-state index < -0.39 is 0 Å². The van der Waals surface area contributed by atoms with E-state index in [0.717, 1.165) is 11.8 Å². The lowest BCUT2D eigenvalue weighted by atomic mass is 9.81. The van der Waals surface area contributed by atoms with Crippen molar-refractivity contribution in [2.45, 2.75) is 57.9 Å². The van der Waals surface area contributed by atoms with Gasteiger partial charge in [0.15, 0.2) is 0 Å². The van der Waals surface area contributed by atoms with Gasteiger partial charge in [0.05, 0.1) is 5.01 Å². The van der Waals surface area contributed by atoms with Gasteiger partial charge < -0.3 is 5.32 Å². The molecule has 96 valence electrons. The van der Waals surface area contributed by atoms with Crippen LogP contribution < -0.4 is 5.32 Å². The number of hydrogen-bond acceptors (Lipinski definition) is 3. The van der Waals surface area contributed by atoms with Crippen LogP contribution >= 0.6 is 11.3 Å². The third-order valence-electron chi connectivity index (χ3n) is 4.17. The fraction of sp³-hybridized carbons (Fsp3) is 0.786. The lowest BCUT2D eigenvalue weighted by Gasteiger charge is -2.26. The molecule has 0 saturated heterocycles. The summed E-state index contributed by atoms with van der Waals surface area (Å²) in [4.78, 5) is 6.01. The van der Waals surface area contributed by atoms with Crippen molar-refractivity contribution < 1.29 is 0 Å². The monoisotopic (exact) mass is 252 g/mol. The smallest absolute Gasteiger partial charge is 0.0959 e. The summed E-state index contributed by atoms with van der Waals surface area (Å²) in [5, 5.41) is 4.66. The summed E-state index contributed by atoms with van der Waals surface area (Å²) < 4.78 is 0. The second-order valence-electron chi connectivity index (χ2n) is 5.24. The Balaban J connectivity index is 1.97. The van der Waals surface area contributed by atoms with Crippen molar-refractivity contribution in [3.8, 4) is 0 Å². The van der Waals surface area contributed by atoms with E-state index in [2.05, 4.69) is 30.3 Å². The molecule has 17 heavy (non-hydrogen) atoms. The van der Waals surface area contributed by atoms with E-state index in [9.17, 15) is 0 Å². The van der Waals surface area contributed by atoms with Crippen LogP contribution in [0.1, 0.15) is 67.8 Å². The van der Waals surface area contributed by atoms with E-state index in [1.54, 1.807) is 0 Å². The third kappa shape index (κ3) is 3.08. The van der Waals surface area contributed by atoms with Gasteiger partial charge in [0, 0.05) is 23.0 Å². The van der Waals surface area contributed by atoms with Crippen LogP contribution in [0.3, 0.4) is 0 Å². The number of nitrogens with one attached hydrogen (secondary N) is 1. The second kappa shape index (κ2) is 5.96.